The van der Waals surface area contributed by atoms with Crippen molar-refractivity contribution in [3.63, 3.8) is 0 Å². The first-order chi connectivity index (χ1) is 19.9. The van der Waals surface area contributed by atoms with Gasteiger partial charge < -0.3 is 34.5 Å². The van der Waals surface area contributed by atoms with Gasteiger partial charge in [-0.3, -0.25) is 9.59 Å². The summed E-state index contributed by atoms with van der Waals surface area (Å²) in [5, 5.41) is 9.80. The molecule has 1 aromatic carbocycles. The molecule has 0 aliphatic rings. The third-order valence-electron chi connectivity index (χ3n) is 7.18. The van der Waals surface area contributed by atoms with Crippen molar-refractivity contribution >= 4 is 24.2 Å². The summed E-state index contributed by atoms with van der Waals surface area (Å²) in [6.45, 7) is 11.7. The molecule has 0 bridgehead atoms. The molecule has 0 saturated carbocycles. The standard InChI is InChI=1S/C31H49NO10/c1-7-10-12-16-38-30(36)41-24-15-14-23(19-25(24)42-31(37)39-17-13-11-8-2)27(28(32)29(34)35)21(5)22(6)40-26(33)18-20(4)9-3/h14-15,19-22,27-28H,7-13,16-18,32H2,1-6H3,(H,34,35)/t20?,21?,22?,27?,28-/m0/s1. The maximum Gasteiger partial charge on any atom is 0.513 e. The highest BCUT2D eigenvalue weighted by Gasteiger charge is 2.36. The lowest BCUT2D eigenvalue weighted by Crippen LogP contribution is -2.42. The van der Waals surface area contributed by atoms with Crippen LogP contribution in [0.3, 0.4) is 0 Å². The first kappa shape index (κ1) is 36.7. The molecule has 0 saturated heterocycles. The minimum atomic E-state index is -1.39. The highest BCUT2D eigenvalue weighted by atomic mass is 16.7. The molecule has 42 heavy (non-hydrogen) atoms. The molecule has 0 fully saturated rings. The van der Waals surface area contributed by atoms with E-state index in [-0.39, 0.29) is 43.0 Å². The highest BCUT2D eigenvalue weighted by Crippen LogP contribution is 2.37. The van der Waals surface area contributed by atoms with Gasteiger partial charge in [0.1, 0.15) is 12.1 Å². The molecule has 0 aromatic heterocycles. The number of carboxylic acid groups (broad SMARTS) is 1. The number of rotatable bonds is 19. The van der Waals surface area contributed by atoms with E-state index in [0.29, 0.717) is 18.4 Å². The highest BCUT2D eigenvalue weighted by molar-refractivity contribution is 5.75. The van der Waals surface area contributed by atoms with Crippen LogP contribution in [0, 0.1) is 11.8 Å². The van der Waals surface area contributed by atoms with Gasteiger partial charge in [-0.05, 0) is 43.4 Å². The summed E-state index contributed by atoms with van der Waals surface area (Å²) in [6.07, 6.45) is 3.35. The van der Waals surface area contributed by atoms with Crippen LogP contribution >= 0.6 is 0 Å². The maximum atomic E-state index is 12.5. The van der Waals surface area contributed by atoms with Crippen molar-refractivity contribution in [2.24, 2.45) is 17.6 Å². The number of benzene rings is 1. The number of aliphatic carboxylic acids is 1. The molecule has 238 valence electrons. The summed E-state index contributed by atoms with van der Waals surface area (Å²) in [4.78, 5) is 49.2. The first-order valence-corrected chi connectivity index (χ1v) is 15.0. The van der Waals surface area contributed by atoms with Crippen LogP contribution in [0.2, 0.25) is 0 Å². The third kappa shape index (κ3) is 13.1. The predicted octanol–water partition coefficient (Wildman–Crippen LogP) is 6.60. The Kier molecular flexibility index (Phi) is 17.2. The summed E-state index contributed by atoms with van der Waals surface area (Å²) >= 11 is 0. The van der Waals surface area contributed by atoms with Crippen molar-refractivity contribution in [2.45, 2.75) is 111 Å². The van der Waals surface area contributed by atoms with Crippen LogP contribution in [-0.2, 0) is 23.8 Å². The Labute approximate surface area is 249 Å². The lowest BCUT2D eigenvalue weighted by molar-refractivity contribution is -0.152. The monoisotopic (exact) mass is 595 g/mol. The number of unbranched alkanes of at least 4 members (excludes halogenated alkanes) is 4. The number of carbonyl (C=O) groups is 4. The Morgan fingerprint density at radius 1 is 0.833 bits per heavy atom. The minimum absolute atomic E-state index is 0.118. The van der Waals surface area contributed by atoms with Gasteiger partial charge in [0.05, 0.1) is 13.2 Å². The lowest BCUT2D eigenvalue weighted by atomic mass is 9.79. The van der Waals surface area contributed by atoms with E-state index in [0.717, 1.165) is 32.1 Å². The zero-order chi connectivity index (χ0) is 31.7. The van der Waals surface area contributed by atoms with Crippen molar-refractivity contribution in [2.75, 3.05) is 13.2 Å². The predicted molar refractivity (Wildman–Crippen MR) is 157 cm³/mol. The van der Waals surface area contributed by atoms with Gasteiger partial charge in [-0.15, -0.1) is 0 Å². The number of esters is 1. The second-order valence-corrected chi connectivity index (χ2v) is 10.7. The summed E-state index contributed by atoms with van der Waals surface area (Å²) in [5.74, 6) is -3.22. The first-order valence-electron chi connectivity index (χ1n) is 15.0. The number of ether oxygens (including phenoxy) is 5. The topological polar surface area (TPSA) is 161 Å². The molecule has 0 aliphatic carbocycles. The number of hydrogen-bond acceptors (Lipinski definition) is 10. The van der Waals surface area contributed by atoms with Gasteiger partial charge in [-0.1, -0.05) is 72.8 Å². The van der Waals surface area contributed by atoms with Crippen molar-refractivity contribution in [3.8, 4) is 11.5 Å². The number of nitrogens with two attached hydrogens (primary N) is 1. The number of carbonyl (C=O) groups excluding carboxylic acids is 3. The molecular formula is C31H49NO10. The molecule has 0 aliphatic heterocycles. The van der Waals surface area contributed by atoms with E-state index in [9.17, 15) is 24.3 Å². The van der Waals surface area contributed by atoms with Crippen LogP contribution in [0.1, 0.15) is 104 Å². The second kappa shape index (κ2) is 19.7. The van der Waals surface area contributed by atoms with Crippen molar-refractivity contribution < 1.29 is 48.0 Å². The van der Waals surface area contributed by atoms with Gasteiger partial charge >= 0.3 is 24.2 Å². The van der Waals surface area contributed by atoms with Crippen LogP contribution in [0.5, 0.6) is 11.5 Å². The van der Waals surface area contributed by atoms with Crippen molar-refractivity contribution in [1.82, 2.24) is 0 Å². The molecule has 3 N–H and O–H groups in total. The fraction of sp³-hybridized carbons (Fsp3) is 0.677. The van der Waals surface area contributed by atoms with E-state index in [1.54, 1.807) is 13.8 Å². The van der Waals surface area contributed by atoms with Gasteiger partial charge in [-0.25, -0.2) is 9.59 Å². The van der Waals surface area contributed by atoms with E-state index in [1.807, 2.05) is 27.7 Å². The van der Waals surface area contributed by atoms with E-state index < -0.39 is 42.3 Å². The molecule has 1 aromatic rings. The molecule has 4 unspecified atom stereocenters. The molecular weight excluding hydrogens is 546 g/mol. The van der Waals surface area contributed by atoms with Crippen LogP contribution in [-0.4, -0.2) is 54.7 Å². The van der Waals surface area contributed by atoms with E-state index in [2.05, 4.69) is 0 Å². The average Bonchev–Trinajstić information content (AvgIpc) is 2.94. The SMILES string of the molecule is CCCCCOC(=O)Oc1ccc(C(C(C)C(C)OC(=O)CC(C)CC)[C@H](N)C(=O)O)cc1OC(=O)OCCCCC. The smallest absolute Gasteiger partial charge is 0.480 e. The molecule has 1 rings (SSSR count). The van der Waals surface area contributed by atoms with Gasteiger partial charge in [-0.2, -0.15) is 0 Å². The van der Waals surface area contributed by atoms with Crippen molar-refractivity contribution in [1.29, 1.82) is 0 Å². The summed E-state index contributed by atoms with van der Waals surface area (Å²) in [5.41, 5.74) is 6.51. The zero-order valence-electron chi connectivity index (χ0n) is 25.9. The number of hydrogen-bond donors (Lipinski definition) is 2. The zero-order valence-corrected chi connectivity index (χ0v) is 25.9. The Hall–Kier alpha value is -3.34. The Morgan fingerprint density at radius 2 is 1.38 bits per heavy atom. The largest absolute Gasteiger partial charge is 0.513 e. The lowest BCUT2D eigenvalue weighted by Gasteiger charge is -2.32. The van der Waals surface area contributed by atoms with Gasteiger partial charge in [0, 0.05) is 18.3 Å². The van der Waals surface area contributed by atoms with Crippen LogP contribution in [0.25, 0.3) is 0 Å². The van der Waals surface area contributed by atoms with Gasteiger partial charge in [0.2, 0.25) is 0 Å². The Bertz CT molecular complexity index is 998. The Morgan fingerprint density at radius 3 is 1.88 bits per heavy atom. The number of carboxylic acids is 1. The molecule has 0 spiro atoms. The third-order valence-corrected chi connectivity index (χ3v) is 7.18. The molecule has 0 radical (unpaired) electrons. The normalized spacial score (nSPS) is 14.5. The van der Waals surface area contributed by atoms with Gasteiger partial charge in [0.15, 0.2) is 11.5 Å². The summed E-state index contributed by atoms with van der Waals surface area (Å²) < 4.78 is 26.6. The summed E-state index contributed by atoms with van der Waals surface area (Å²) in [7, 11) is 0. The molecule has 0 amide bonds. The summed E-state index contributed by atoms with van der Waals surface area (Å²) in [6, 6.07) is 2.89. The van der Waals surface area contributed by atoms with Crippen LogP contribution in [0.15, 0.2) is 18.2 Å². The fourth-order valence-corrected chi connectivity index (χ4v) is 4.22. The fourth-order valence-electron chi connectivity index (χ4n) is 4.22. The van der Waals surface area contributed by atoms with Gasteiger partial charge in [0.25, 0.3) is 0 Å². The van der Waals surface area contributed by atoms with E-state index in [1.165, 1.54) is 18.2 Å². The Balaban J connectivity index is 3.31. The molecule has 11 nitrogen and oxygen atoms in total. The molecule has 11 heteroatoms. The molecule has 0 heterocycles. The quantitative estimate of drug-likeness (QED) is 0.0767. The van der Waals surface area contributed by atoms with Crippen molar-refractivity contribution in [3.05, 3.63) is 23.8 Å². The van der Waals surface area contributed by atoms with Crippen LogP contribution in [0.4, 0.5) is 9.59 Å². The van der Waals surface area contributed by atoms with E-state index in [4.69, 9.17) is 29.4 Å². The minimum Gasteiger partial charge on any atom is -0.480 e. The maximum absolute atomic E-state index is 12.5. The average molecular weight is 596 g/mol. The second-order valence-electron chi connectivity index (χ2n) is 10.7. The van der Waals surface area contributed by atoms with E-state index >= 15 is 0 Å². The van der Waals surface area contributed by atoms with Crippen LogP contribution < -0.4 is 15.2 Å². The molecule has 5 atom stereocenters.